The molecule has 0 saturated carbocycles. The lowest BCUT2D eigenvalue weighted by atomic mass is 10.1. The van der Waals surface area contributed by atoms with Gasteiger partial charge in [0.05, 0.1) is 17.5 Å². The molecule has 0 unspecified atom stereocenters. The van der Waals surface area contributed by atoms with Crippen LogP contribution >= 0.6 is 0 Å². The highest BCUT2D eigenvalue weighted by Crippen LogP contribution is 2.23. The summed E-state index contributed by atoms with van der Waals surface area (Å²) in [6.07, 6.45) is 4.51. The highest BCUT2D eigenvalue weighted by Gasteiger charge is 2.20. The Kier molecular flexibility index (Phi) is 7.39. The summed E-state index contributed by atoms with van der Waals surface area (Å²) in [6, 6.07) is 14.8. The maximum atomic E-state index is 12.9. The van der Waals surface area contributed by atoms with Crippen molar-refractivity contribution in [2.45, 2.75) is 26.3 Å². The minimum Gasteiger partial charge on any atom is -0.384 e. The molecule has 1 aromatic carbocycles. The van der Waals surface area contributed by atoms with E-state index in [0.29, 0.717) is 29.8 Å². The van der Waals surface area contributed by atoms with Crippen LogP contribution in [0, 0.1) is 0 Å². The third-order valence-corrected chi connectivity index (χ3v) is 5.99. The first kappa shape index (κ1) is 24.6. The second-order valence-corrected chi connectivity index (χ2v) is 8.32. The van der Waals surface area contributed by atoms with E-state index in [1.165, 1.54) is 7.05 Å². The zero-order chi connectivity index (χ0) is 25.7. The topological polar surface area (TPSA) is 132 Å². The molecule has 0 aliphatic rings. The Morgan fingerprint density at radius 3 is 2.50 bits per heavy atom. The highest BCUT2D eigenvalue weighted by molar-refractivity contribution is 6.01. The molecule has 3 aromatic heterocycles. The van der Waals surface area contributed by atoms with E-state index in [-0.39, 0.29) is 23.7 Å². The lowest BCUT2D eigenvalue weighted by Gasteiger charge is -2.15. The van der Waals surface area contributed by atoms with Crippen LogP contribution in [0.4, 0.5) is 5.82 Å². The van der Waals surface area contributed by atoms with E-state index in [1.54, 1.807) is 29.1 Å². The molecule has 0 saturated heterocycles. The number of hydrogen-bond acceptors (Lipinski definition) is 6. The number of aromatic nitrogens is 3. The molecule has 0 radical (unpaired) electrons. The number of fused-ring (bicyclic) bond motifs is 1. The molecule has 4 rings (SSSR count). The predicted octanol–water partition coefficient (Wildman–Crippen LogP) is 2.32. The standard InChI is InChI=1S/C27H28N6O3/c1-3-33-25(28)23(27(36)29-2)24(35)20-10-11-21(32-26(20)33)19-8-6-17(7-9-19)15-22(34)31-14-12-18-5-4-13-30-16-18/h4-11,13,16H,3,12,14-15,28H2,1-2H3,(H,29,36)(H,31,34). The van der Waals surface area contributed by atoms with Gasteiger partial charge in [0, 0.05) is 38.1 Å². The number of nitrogens with two attached hydrogens (primary N) is 1. The van der Waals surface area contributed by atoms with E-state index in [2.05, 4.69) is 15.6 Å². The van der Waals surface area contributed by atoms with Crippen molar-refractivity contribution in [1.82, 2.24) is 25.2 Å². The van der Waals surface area contributed by atoms with Crippen molar-refractivity contribution in [2.24, 2.45) is 0 Å². The van der Waals surface area contributed by atoms with E-state index < -0.39 is 11.3 Å². The van der Waals surface area contributed by atoms with Crippen molar-refractivity contribution in [3.8, 4) is 11.3 Å². The lowest BCUT2D eigenvalue weighted by molar-refractivity contribution is -0.120. The Labute approximate surface area is 208 Å². The van der Waals surface area contributed by atoms with Gasteiger partial charge in [0.25, 0.3) is 5.91 Å². The molecule has 3 heterocycles. The average Bonchev–Trinajstić information content (AvgIpc) is 2.89. The summed E-state index contributed by atoms with van der Waals surface area (Å²) in [7, 11) is 1.46. The summed E-state index contributed by atoms with van der Waals surface area (Å²) in [5.41, 5.74) is 9.52. The maximum absolute atomic E-state index is 12.9. The van der Waals surface area contributed by atoms with Crippen molar-refractivity contribution >= 4 is 28.7 Å². The number of anilines is 1. The third-order valence-electron chi connectivity index (χ3n) is 5.99. The van der Waals surface area contributed by atoms with Crippen LogP contribution in [0.1, 0.15) is 28.4 Å². The van der Waals surface area contributed by atoms with Gasteiger partial charge in [-0.1, -0.05) is 30.3 Å². The summed E-state index contributed by atoms with van der Waals surface area (Å²) in [4.78, 5) is 46.3. The number of benzene rings is 1. The third kappa shape index (κ3) is 5.10. The number of pyridine rings is 3. The van der Waals surface area contributed by atoms with Gasteiger partial charge in [-0.3, -0.25) is 19.4 Å². The Morgan fingerprint density at radius 1 is 1.06 bits per heavy atom. The highest BCUT2D eigenvalue weighted by atomic mass is 16.2. The van der Waals surface area contributed by atoms with Crippen molar-refractivity contribution in [2.75, 3.05) is 19.3 Å². The van der Waals surface area contributed by atoms with Crippen molar-refractivity contribution in [1.29, 1.82) is 0 Å². The maximum Gasteiger partial charge on any atom is 0.258 e. The molecule has 9 heteroatoms. The van der Waals surface area contributed by atoms with E-state index in [9.17, 15) is 14.4 Å². The first-order valence-electron chi connectivity index (χ1n) is 11.7. The molecule has 2 amide bonds. The first-order chi connectivity index (χ1) is 17.4. The van der Waals surface area contributed by atoms with Gasteiger partial charge < -0.3 is 20.9 Å². The number of carbonyl (C=O) groups is 2. The number of nitrogens with zero attached hydrogens (tertiary/aromatic N) is 3. The fourth-order valence-electron chi connectivity index (χ4n) is 4.09. The number of nitrogens with one attached hydrogen (secondary N) is 2. The summed E-state index contributed by atoms with van der Waals surface area (Å²) in [6.45, 7) is 2.87. The minimum atomic E-state index is -0.526. The van der Waals surface area contributed by atoms with E-state index in [4.69, 9.17) is 10.7 Å². The molecular weight excluding hydrogens is 456 g/mol. The van der Waals surface area contributed by atoms with Crippen LogP contribution in [0.25, 0.3) is 22.3 Å². The van der Waals surface area contributed by atoms with E-state index >= 15 is 0 Å². The number of rotatable bonds is 8. The first-order valence-corrected chi connectivity index (χ1v) is 11.7. The molecule has 36 heavy (non-hydrogen) atoms. The van der Waals surface area contributed by atoms with Gasteiger partial charge in [0.15, 0.2) is 0 Å². The van der Waals surface area contributed by atoms with Crippen molar-refractivity contribution in [3.63, 3.8) is 0 Å². The van der Waals surface area contributed by atoms with Crippen LogP contribution in [0.5, 0.6) is 0 Å². The molecule has 0 bridgehead atoms. The average molecular weight is 485 g/mol. The number of hydrogen-bond donors (Lipinski definition) is 3. The van der Waals surface area contributed by atoms with Crippen LogP contribution < -0.4 is 21.8 Å². The number of aryl methyl sites for hydroxylation is 1. The fourth-order valence-corrected chi connectivity index (χ4v) is 4.09. The van der Waals surface area contributed by atoms with Crippen LogP contribution in [-0.2, 0) is 24.2 Å². The number of carbonyl (C=O) groups excluding carboxylic acids is 2. The van der Waals surface area contributed by atoms with E-state index in [1.807, 2.05) is 43.3 Å². The molecule has 0 spiro atoms. The van der Waals surface area contributed by atoms with Crippen LogP contribution in [0.2, 0.25) is 0 Å². The van der Waals surface area contributed by atoms with Gasteiger partial charge >= 0.3 is 0 Å². The summed E-state index contributed by atoms with van der Waals surface area (Å²) in [5.74, 6) is -0.490. The molecule has 4 aromatic rings. The molecule has 0 atom stereocenters. The van der Waals surface area contributed by atoms with Gasteiger partial charge in [-0.2, -0.15) is 0 Å². The molecule has 9 nitrogen and oxygen atoms in total. The van der Waals surface area contributed by atoms with Crippen molar-refractivity contribution in [3.05, 3.63) is 87.8 Å². The fraction of sp³-hybridized carbons (Fsp3) is 0.222. The van der Waals surface area contributed by atoms with Gasteiger partial charge in [-0.15, -0.1) is 0 Å². The van der Waals surface area contributed by atoms with Gasteiger partial charge in [-0.25, -0.2) is 4.98 Å². The Bertz CT molecular complexity index is 1460. The summed E-state index contributed by atoms with van der Waals surface area (Å²) >= 11 is 0. The predicted molar refractivity (Wildman–Crippen MR) is 140 cm³/mol. The zero-order valence-corrected chi connectivity index (χ0v) is 20.2. The molecule has 4 N–H and O–H groups in total. The van der Waals surface area contributed by atoms with Gasteiger partial charge in [0.2, 0.25) is 11.3 Å². The second-order valence-electron chi connectivity index (χ2n) is 8.32. The summed E-state index contributed by atoms with van der Waals surface area (Å²) in [5, 5.41) is 5.73. The van der Waals surface area contributed by atoms with Crippen molar-refractivity contribution < 1.29 is 9.59 Å². The largest absolute Gasteiger partial charge is 0.384 e. The smallest absolute Gasteiger partial charge is 0.258 e. The Morgan fingerprint density at radius 2 is 1.83 bits per heavy atom. The van der Waals surface area contributed by atoms with Gasteiger partial charge in [-0.05, 0) is 42.7 Å². The van der Waals surface area contributed by atoms with Crippen LogP contribution in [-0.4, -0.2) is 39.9 Å². The molecular formula is C27H28N6O3. The summed E-state index contributed by atoms with van der Waals surface area (Å²) < 4.78 is 1.66. The monoisotopic (exact) mass is 484 g/mol. The number of amides is 2. The Balaban J connectivity index is 1.51. The zero-order valence-electron chi connectivity index (χ0n) is 20.2. The molecule has 0 aliphatic carbocycles. The SMILES string of the molecule is CCn1c(N)c(C(=O)NC)c(=O)c2ccc(-c3ccc(CC(=O)NCCc4cccnc4)cc3)nc21. The molecule has 0 aliphatic heterocycles. The minimum absolute atomic E-state index is 0.0511. The molecule has 0 fully saturated rings. The number of nitrogen functional groups attached to an aromatic ring is 1. The normalized spacial score (nSPS) is 10.8. The van der Waals surface area contributed by atoms with E-state index in [0.717, 1.165) is 23.1 Å². The van der Waals surface area contributed by atoms with Crippen LogP contribution in [0.15, 0.2) is 65.7 Å². The Hall–Kier alpha value is -4.53. The van der Waals surface area contributed by atoms with Crippen LogP contribution in [0.3, 0.4) is 0 Å². The second kappa shape index (κ2) is 10.8. The molecule has 184 valence electrons. The lowest BCUT2D eigenvalue weighted by Crippen LogP contribution is -2.30. The van der Waals surface area contributed by atoms with Gasteiger partial charge in [0.1, 0.15) is 17.0 Å². The quantitative estimate of drug-likeness (QED) is 0.352.